The van der Waals surface area contributed by atoms with Gasteiger partial charge in [0.05, 0.1) is 17.4 Å². The molecule has 0 saturated heterocycles. The maximum atomic E-state index is 13.5. The fraction of sp³-hybridized carbons (Fsp3) is 0.226. The molecule has 2 nitrogen and oxygen atoms in total. The summed E-state index contributed by atoms with van der Waals surface area (Å²) in [7, 11) is -1.34. The summed E-state index contributed by atoms with van der Waals surface area (Å²) in [5, 5.41) is 0. The molecule has 1 fully saturated rings. The second kappa shape index (κ2) is 9.39. The van der Waals surface area contributed by atoms with Gasteiger partial charge in [-0.3, -0.25) is 4.21 Å². The Morgan fingerprint density at radius 1 is 0.771 bits per heavy atom. The van der Waals surface area contributed by atoms with Crippen molar-refractivity contribution in [3.05, 3.63) is 138 Å². The highest BCUT2D eigenvalue weighted by Crippen LogP contribution is 2.64. The van der Waals surface area contributed by atoms with Crippen LogP contribution < -0.4 is 0 Å². The normalized spacial score (nSPS) is 22.5. The maximum Gasteiger partial charge on any atom is 0.143 e. The van der Waals surface area contributed by atoms with E-state index in [1.54, 1.807) is 0 Å². The Kier molecular flexibility index (Phi) is 6.43. The molecule has 0 aromatic heterocycles. The standard InChI is InChI=1S/C31H29ClO2S/c1-24-18-20-28(21-19-24)35(33)30(32)22-29(30,2)23-34-31(25-12-6-3-7-13-25,26-14-8-4-9-15-26)27-16-10-5-11-17-27/h3-21H,22-23H2,1-2H3/t29-,30-,35?/m1/s1. The number of alkyl halides is 1. The van der Waals surface area contributed by atoms with Gasteiger partial charge < -0.3 is 4.74 Å². The van der Waals surface area contributed by atoms with Crippen LogP contribution in [0, 0.1) is 12.3 Å². The van der Waals surface area contributed by atoms with Crippen LogP contribution in [-0.4, -0.2) is 15.0 Å². The van der Waals surface area contributed by atoms with Crippen LogP contribution in [0.3, 0.4) is 0 Å². The van der Waals surface area contributed by atoms with Crippen LogP contribution in [0.4, 0.5) is 0 Å². The first-order valence-electron chi connectivity index (χ1n) is 11.9. The smallest absolute Gasteiger partial charge is 0.143 e. The minimum Gasteiger partial charge on any atom is -0.360 e. The Bertz CT molecular complexity index is 1210. The molecular weight excluding hydrogens is 472 g/mol. The van der Waals surface area contributed by atoms with Gasteiger partial charge in [0.1, 0.15) is 9.81 Å². The van der Waals surface area contributed by atoms with E-state index in [0.29, 0.717) is 13.0 Å². The average molecular weight is 501 g/mol. The summed E-state index contributed by atoms with van der Waals surface area (Å²) >= 11 is 7.06. The van der Waals surface area contributed by atoms with Crippen molar-refractivity contribution >= 4 is 22.4 Å². The summed E-state index contributed by atoms with van der Waals surface area (Å²) in [6, 6.07) is 38.7. The molecule has 1 saturated carbocycles. The molecule has 0 radical (unpaired) electrons. The van der Waals surface area contributed by atoms with Crippen molar-refractivity contribution in [2.45, 2.75) is 35.0 Å². The Hall–Kier alpha value is -2.72. The van der Waals surface area contributed by atoms with Crippen LogP contribution >= 0.6 is 11.6 Å². The number of halogens is 1. The quantitative estimate of drug-likeness (QED) is 0.185. The molecule has 1 unspecified atom stereocenters. The highest BCUT2D eigenvalue weighted by Gasteiger charge is 2.68. The topological polar surface area (TPSA) is 26.3 Å². The molecule has 0 amide bonds. The molecule has 1 aliphatic carbocycles. The van der Waals surface area contributed by atoms with Crippen molar-refractivity contribution in [3.63, 3.8) is 0 Å². The number of ether oxygens (including phenoxy) is 1. The monoisotopic (exact) mass is 500 g/mol. The van der Waals surface area contributed by atoms with Gasteiger partial charge in [-0.2, -0.15) is 0 Å². The number of benzene rings is 4. The van der Waals surface area contributed by atoms with E-state index in [9.17, 15) is 4.21 Å². The fourth-order valence-corrected chi connectivity index (χ4v) is 7.12. The van der Waals surface area contributed by atoms with Gasteiger partial charge in [-0.1, -0.05) is 116 Å². The van der Waals surface area contributed by atoms with E-state index >= 15 is 0 Å². The van der Waals surface area contributed by atoms with Gasteiger partial charge in [0.15, 0.2) is 0 Å². The second-order valence-electron chi connectivity index (χ2n) is 9.62. The Labute approximate surface area is 215 Å². The van der Waals surface area contributed by atoms with Gasteiger partial charge in [0.25, 0.3) is 0 Å². The van der Waals surface area contributed by atoms with Crippen LogP contribution in [0.2, 0.25) is 0 Å². The van der Waals surface area contributed by atoms with Crippen LogP contribution in [0.15, 0.2) is 120 Å². The van der Waals surface area contributed by atoms with Crippen molar-refractivity contribution in [2.24, 2.45) is 5.41 Å². The van der Waals surface area contributed by atoms with Gasteiger partial charge in [0.2, 0.25) is 0 Å². The molecule has 3 atom stereocenters. The second-order valence-corrected chi connectivity index (χ2v) is 12.2. The Balaban J connectivity index is 1.53. The van der Waals surface area contributed by atoms with E-state index in [4.69, 9.17) is 16.3 Å². The summed E-state index contributed by atoms with van der Waals surface area (Å²) in [4.78, 5) is 0.759. The summed E-state index contributed by atoms with van der Waals surface area (Å²) in [5.41, 5.74) is 3.01. The molecule has 35 heavy (non-hydrogen) atoms. The summed E-state index contributed by atoms with van der Waals surface area (Å²) in [6.45, 7) is 4.47. The Morgan fingerprint density at radius 3 is 1.63 bits per heavy atom. The third kappa shape index (κ3) is 4.27. The zero-order valence-corrected chi connectivity index (χ0v) is 21.6. The first kappa shape index (κ1) is 24.0. The molecular formula is C31H29ClO2S. The lowest BCUT2D eigenvalue weighted by atomic mass is 9.80. The van der Waals surface area contributed by atoms with Gasteiger partial charge in [0, 0.05) is 10.3 Å². The predicted molar refractivity (Wildman–Crippen MR) is 144 cm³/mol. The van der Waals surface area contributed by atoms with Crippen molar-refractivity contribution < 1.29 is 8.95 Å². The molecule has 178 valence electrons. The Morgan fingerprint density at radius 2 is 1.20 bits per heavy atom. The van der Waals surface area contributed by atoms with Crippen molar-refractivity contribution in [1.82, 2.24) is 0 Å². The lowest BCUT2D eigenvalue weighted by Gasteiger charge is -2.37. The summed E-state index contributed by atoms with van der Waals surface area (Å²) in [5.74, 6) is 0. The van der Waals surface area contributed by atoms with Crippen molar-refractivity contribution in [2.75, 3.05) is 6.61 Å². The van der Waals surface area contributed by atoms with Crippen molar-refractivity contribution in [3.8, 4) is 0 Å². The molecule has 0 spiro atoms. The molecule has 4 aromatic rings. The molecule has 0 N–H and O–H groups in total. The SMILES string of the molecule is Cc1ccc(S(=O)[C@]2(Cl)C[C@]2(C)COC(c2ccccc2)(c2ccccc2)c2ccccc2)cc1. The third-order valence-electron chi connectivity index (χ3n) is 7.07. The summed E-state index contributed by atoms with van der Waals surface area (Å²) in [6.07, 6.45) is 0.622. The lowest BCUT2D eigenvalue weighted by molar-refractivity contribution is -0.0113. The van der Waals surface area contributed by atoms with E-state index in [0.717, 1.165) is 27.1 Å². The highest BCUT2D eigenvalue weighted by atomic mass is 35.5. The molecule has 4 aromatic carbocycles. The first-order valence-corrected chi connectivity index (χ1v) is 13.4. The number of rotatable bonds is 8. The van der Waals surface area contributed by atoms with E-state index in [-0.39, 0.29) is 0 Å². The molecule has 1 aliphatic rings. The van der Waals surface area contributed by atoms with Gasteiger partial charge in [-0.05, 0) is 42.2 Å². The van der Waals surface area contributed by atoms with Gasteiger partial charge in [-0.25, -0.2) is 0 Å². The molecule has 0 bridgehead atoms. The largest absolute Gasteiger partial charge is 0.360 e. The molecule has 0 heterocycles. The van der Waals surface area contributed by atoms with E-state index in [1.807, 2.05) is 85.8 Å². The van der Waals surface area contributed by atoms with E-state index in [1.165, 1.54) is 0 Å². The maximum absolute atomic E-state index is 13.5. The third-order valence-corrected chi connectivity index (χ3v) is 10.0. The average Bonchev–Trinajstić information content (AvgIpc) is 3.48. The molecule has 0 aliphatic heterocycles. The van der Waals surface area contributed by atoms with E-state index < -0.39 is 26.0 Å². The number of hydrogen-bond acceptors (Lipinski definition) is 2. The van der Waals surface area contributed by atoms with Crippen LogP contribution in [-0.2, 0) is 21.1 Å². The van der Waals surface area contributed by atoms with Gasteiger partial charge in [-0.15, -0.1) is 11.6 Å². The van der Waals surface area contributed by atoms with Crippen LogP contribution in [0.5, 0.6) is 0 Å². The lowest BCUT2D eigenvalue weighted by Crippen LogP contribution is -2.36. The predicted octanol–water partition coefficient (Wildman–Crippen LogP) is 7.46. The minimum absolute atomic E-state index is 0.368. The fourth-order valence-electron chi connectivity index (χ4n) is 4.79. The molecule has 5 rings (SSSR count). The minimum atomic E-state index is -1.34. The van der Waals surface area contributed by atoms with Crippen LogP contribution in [0.25, 0.3) is 0 Å². The highest BCUT2D eigenvalue weighted by molar-refractivity contribution is 7.88. The summed E-state index contributed by atoms with van der Waals surface area (Å²) < 4.78 is 19.6. The van der Waals surface area contributed by atoms with Crippen molar-refractivity contribution in [1.29, 1.82) is 0 Å². The van der Waals surface area contributed by atoms with Crippen LogP contribution in [0.1, 0.15) is 35.6 Å². The van der Waals surface area contributed by atoms with Gasteiger partial charge >= 0.3 is 0 Å². The first-order chi connectivity index (χ1) is 16.9. The molecule has 4 heteroatoms. The zero-order valence-electron chi connectivity index (χ0n) is 20.0. The zero-order chi connectivity index (χ0) is 24.5. The van der Waals surface area contributed by atoms with E-state index in [2.05, 4.69) is 43.3 Å². The number of aryl methyl sites for hydroxylation is 1. The number of hydrogen-bond donors (Lipinski definition) is 0.